The van der Waals surface area contributed by atoms with Gasteiger partial charge < -0.3 is 6.15 Å². The highest BCUT2D eigenvalue weighted by molar-refractivity contribution is 5.85. The van der Waals surface area contributed by atoms with Crippen molar-refractivity contribution in [2.24, 2.45) is 0 Å². The molecule has 10 nitrogen and oxygen atoms in total. The van der Waals surface area contributed by atoms with Crippen LogP contribution >= 0.6 is 12.4 Å². The third kappa shape index (κ3) is 11.6. The van der Waals surface area contributed by atoms with E-state index in [1.165, 1.54) is 0 Å². The summed E-state index contributed by atoms with van der Waals surface area (Å²) in [5.41, 5.74) is 0. The zero-order valence-electron chi connectivity index (χ0n) is 8.76. The van der Waals surface area contributed by atoms with Crippen LogP contribution in [0, 0.1) is 0 Å². The normalized spacial score (nSPS) is 7.06. The molecule has 3 aromatic rings. The van der Waals surface area contributed by atoms with E-state index in [1.807, 2.05) is 0 Å². The number of hydrogen-bond donors (Lipinski definition) is 4. The van der Waals surface area contributed by atoms with E-state index in [2.05, 4.69) is 46.2 Å². The predicted molar refractivity (Wildman–Crippen MR) is 61.4 cm³/mol. The predicted octanol–water partition coefficient (Wildman–Crippen LogP) is -0.00210. The maximum Gasteiger partial charge on any atom is 0.0690 e. The Kier molecular flexibility index (Phi) is 13.7. The van der Waals surface area contributed by atoms with Crippen molar-refractivity contribution >= 4 is 12.4 Å². The molecule has 17 heavy (non-hydrogen) atoms. The van der Waals surface area contributed by atoms with E-state index in [-0.39, 0.29) is 18.6 Å². The Bertz CT molecular complexity index is 253. The molecule has 94 valence electrons. The van der Waals surface area contributed by atoms with Gasteiger partial charge in [-0.2, -0.15) is 0 Å². The van der Waals surface area contributed by atoms with Crippen LogP contribution in [0.3, 0.4) is 0 Å². The Hall–Kier alpha value is -2.33. The van der Waals surface area contributed by atoms with E-state index >= 15 is 0 Å². The minimum atomic E-state index is 0. The van der Waals surface area contributed by atoms with Crippen LogP contribution in [0.1, 0.15) is 0 Å². The third-order valence-electron chi connectivity index (χ3n) is 0.994. The van der Waals surface area contributed by atoms with Crippen molar-refractivity contribution in [2.45, 2.75) is 0 Å². The van der Waals surface area contributed by atoms with Crippen molar-refractivity contribution in [3.8, 4) is 0 Å². The van der Waals surface area contributed by atoms with Crippen LogP contribution in [0.15, 0.2) is 37.2 Å². The first kappa shape index (κ1) is 17.1. The highest BCUT2D eigenvalue weighted by Gasteiger charge is 1.58. The van der Waals surface area contributed by atoms with Crippen LogP contribution in [0.4, 0.5) is 0 Å². The van der Waals surface area contributed by atoms with E-state index < -0.39 is 0 Å². The number of nitrogens with one attached hydrogen (secondary N) is 3. The molecule has 0 saturated heterocycles. The smallest absolute Gasteiger partial charge is 0.0690 e. The molecule has 0 bridgehead atoms. The monoisotopic (exact) mass is 260 g/mol. The van der Waals surface area contributed by atoms with Crippen molar-refractivity contribution in [3.63, 3.8) is 0 Å². The summed E-state index contributed by atoms with van der Waals surface area (Å²) >= 11 is 0. The SMILES string of the molecule is Cl.N.c1c[nH]nn1.c1c[nH]nn1.c1c[nH]nn1. The van der Waals surface area contributed by atoms with E-state index in [9.17, 15) is 0 Å². The first-order valence-electron chi connectivity index (χ1n) is 3.91. The molecule has 0 fully saturated rings. The summed E-state index contributed by atoms with van der Waals surface area (Å²) < 4.78 is 0. The Labute approximate surface area is 103 Å². The molecule has 3 heterocycles. The molecule has 0 radical (unpaired) electrons. The number of aromatic nitrogens is 9. The first-order valence-corrected chi connectivity index (χ1v) is 3.91. The van der Waals surface area contributed by atoms with Crippen LogP contribution in [-0.4, -0.2) is 46.2 Å². The number of aromatic amines is 3. The van der Waals surface area contributed by atoms with Gasteiger partial charge >= 0.3 is 0 Å². The highest BCUT2D eigenvalue weighted by Crippen LogP contribution is 1.56. The lowest BCUT2D eigenvalue weighted by Gasteiger charge is -1.46. The van der Waals surface area contributed by atoms with Crippen LogP contribution < -0.4 is 6.15 Å². The van der Waals surface area contributed by atoms with Crippen LogP contribution in [0.25, 0.3) is 0 Å². The van der Waals surface area contributed by atoms with Gasteiger partial charge in [-0.25, -0.2) is 0 Å². The Balaban J connectivity index is 0. The number of rotatable bonds is 0. The summed E-state index contributed by atoms with van der Waals surface area (Å²) in [5.74, 6) is 0. The average Bonchev–Trinajstić information content (AvgIpc) is 3.09. The fraction of sp³-hybridized carbons (Fsp3) is 0. The number of H-pyrrole nitrogens is 3. The van der Waals surface area contributed by atoms with Gasteiger partial charge in [-0.1, -0.05) is 15.6 Å². The number of hydrogen-bond acceptors (Lipinski definition) is 7. The molecule has 3 aromatic heterocycles. The maximum absolute atomic E-state index is 3.42. The van der Waals surface area contributed by atoms with Gasteiger partial charge in [0.05, 0.1) is 18.6 Å². The first-order chi connectivity index (χ1) is 7.50. The van der Waals surface area contributed by atoms with Crippen LogP contribution in [0.2, 0.25) is 0 Å². The second kappa shape index (κ2) is 13.7. The van der Waals surface area contributed by atoms with Crippen molar-refractivity contribution in [1.29, 1.82) is 0 Å². The van der Waals surface area contributed by atoms with Crippen molar-refractivity contribution in [1.82, 2.24) is 52.4 Å². The molecule has 0 unspecified atom stereocenters. The lowest BCUT2D eigenvalue weighted by molar-refractivity contribution is 0.940. The van der Waals surface area contributed by atoms with Gasteiger partial charge in [0.15, 0.2) is 0 Å². The largest absolute Gasteiger partial charge is 0.344 e. The minimum Gasteiger partial charge on any atom is -0.344 e. The van der Waals surface area contributed by atoms with Crippen LogP contribution in [0.5, 0.6) is 0 Å². The van der Waals surface area contributed by atoms with Gasteiger partial charge in [0.1, 0.15) is 0 Å². The Morgan fingerprint density at radius 3 is 0.941 bits per heavy atom. The fourth-order valence-corrected chi connectivity index (χ4v) is 0.500. The summed E-state index contributed by atoms with van der Waals surface area (Å²) in [6, 6.07) is 0. The van der Waals surface area contributed by atoms with Crippen molar-refractivity contribution < 1.29 is 0 Å². The zero-order valence-corrected chi connectivity index (χ0v) is 9.58. The van der Waals surface area contributed by atoms with Gasteiger partial charge in [-0.15, -0.1) is 27.7 Å². The molecule has 11 heteroatoms. The van der Waals surface area contributed by atoms with E-state index in [1.54, 1.807) is 37.2 Å². The lowest BCUT2D eigenvalue weighted by Crippen LogP contribution is -1.61. The van der Waals surface area contributed by atoms with Gasteiger partial charge in [-0.05, 0) is 0 Å². The molecule has 0 amide bonds. The molecule has 0 spiro atoms. The van der Waals surface area contributed by atoms with Gasteiger partial charge in [-0.3, -0.25) is 15.3 Å². The summed E-state index contributed by atoms with van der Waals surface area (Å²) in [4.78, 5) is 0. The van der Waals surface area contributed by atoms with Crippen molar-refractivity contribution in [3.05, 3.63) is 37.2 Å². The quantitative estimate of drug-likeness (QED) is 0.442. The standard InChI is InChI=1S/3C2H3N3.ClH.H3N/c3*1-2-4-5-3-1;;/h3*1-2H,(H,3,4,5);1H;1H3. The fourth-order valence-electron chi connectivity index (χ4n) is 0.500. The average molecular weight is 261 g/mol. The summed E-state index contributed by atoms with van der Waals surface area (Å²) in [5, 5.41) is 27.8. The molecule has 0 aliphatic carbocycles. The zero-order chi connectivity index (χ0) is 10.6. The Morgan fingerprint density at radius 1 is 0.588 bits per heavy atom. The minimum absolute atomic E-state index is 0. The topological polar surface area (TPSA) is 160 Å². The van der Waals surface area contributed by atoms with Gasteiger partial charge in [0, 0.05) is 18.6 Å². The summed E-state index contributed by atoms with van der Waals surface area (Å²) in [6.45, 7) is 0. The second-order valence-corrected chi connectivity index (χ2v) is 1.98. The second-order valence-electron chi connectivity index (χ2n) is 1.98. The van der Waals surface area contributed by atoms with Crippen LogP contribution in [-0.2, 0) is 0 Å². The van der Waals surface area contributed by atoms with E-state index in [0.29, 0.717) is 0 Å². The number of halogens is 1. The molecular formula is C6H13ClN10. The molecule has 0 saturated carbocycles. The van der Waals surface area contributed by atoms with Gasteiger partial charge in [0.2, 0.25) is 0 Å². The molecule has 6 N–H and O–H groups in total. The lowest BCUT2D eigenvalue weighted by atomic mass is 11.0. The summed E-state index contributed by atoms with van der Waals surface area (Å²) in [7, 11) is 0. The molecule has 3 rings (SSSR count). The molecule has 0 aliphatic rings. The van der Waals surface area contributed by atoms with Gasteiger partial charge in [0.25, 0.3) is 0 Å². The molecular weight excluding hydrogens is 248 g/mol. The molecule has 0 atom stereocenters. The molecule has 0 aliphatic heterocycles. The number of nitrogens with zero attached hydrogens (tertiary/aromatic N) is 6. The third-order valence-corrected chi connectivity index (χ3v) is 0.994. The highest BCUT2D eigenvalue weighted by atomic mass is 35.5. The molecule has 0 aromatic carbocycles. The van der Waals surface area contributed by atoms with E-state index in [4.69, 9.17) is 0 Å². The summed E-state index contributed by atoms with van der Waals surface area (Å²) in [6.07, 6.45) is 9.71. The van der Waals surface area contributed by atoms with Crippen molar-refractivity contribution in [2.75, 3.05) is 0 Å². The van der Waals surface area contributed by atoms with E-state index in [0.717, 1.165) is 0 Å². The Morgan fingerprint density at radius 2 is 0.882 bits per heavy atom. The maximum atomic E-state index is 3.42.